The summed E-state index contributed by atoms with van der Waals surface area (Å²) in [4.78, 5) is 69.3. The number of carbonyl (C=O) groups is 5. The Kier molecular flexibility index (Phi) is 18.7. The molecule has 4 unspecified atom stereocenters. The summed E-state index contributed by atoms with van der Waals surface area (Å²) in [6, 6.07) is 0. The average molecular weight is 922 g/mol. The molecular weight excluding hydrogens is 868 g/mol. The summed E-state index contributed by atoms with van der Waals surface area (Å²) in [6.07, 6.45) is -16.9. The van der Waals surface area contributed by atoms with Crippen LogP contribution in [0.5, 0.6) is 0 Å². The standard InChI is InChI=1S/C38H53F2N5O19/c1-3-20-25-26(21(4-2)60-20)35(53)45(34(25)52)11-7-5-6-10-43(23(46)8-9-24(47)48)16-19-17-44(42-41-19)12-13-57-14-15-58-37-28(40)31(51)32(33(63-37)36(54)55)62-38-27(39)30(50)29(49)22(61-38)18-59-64-56/h3-4,17,20-22,25-33,37-38,49-51,56H,1-2,5-16,18H2,(H,47,48)(H,54,55)/t20-,21+,22?,25+,26-,27?,28?,29-,30-,31-,32+,33?,37-,38-/m1/s1. The molecule has 0 saturated carbocycles. The minimum atomic E-state index is -2.50. The van der Waals surface area contributed by atoms with E-state index in [4.69, 9.17) is 38.8 Å². The highest BCUT2D eigenvalue weighted by Gasteiger charge is 2.58. The van der Waals surface area contributed by atoms with E-state index in [1.54, 1.807) is 6.20 Å². The Morgan fingerprint density at radius 1 is 0.859 bits per heavy atom. The van der Waals surface area contributed by atoms with Crippen molar-refractivity contribution in [3.05, 3.63) is 37.2 Å². The normalized spacial score (nSPS) is 32.7. The molecule has 0 aromatic carbocycles. The van der Waals surface area contributed by atoms with Crippen LogP contribution in [0, 0.1) is 11.8 Å². The number of likely N-dealkylation sites (tertiary alicyclic amines) is 1. The summed E-state index contributed by atoms with van der Waals surface area (Å²) in [5.41, 5.74) is 0.385. The minimum absolute atomic E-state index is 0.00894. The second-order valence-electron chi connectivity index (χ2n) is 15.3. The van der Waals surface area contributed by atoms with Gasteiger partial charge in [-0.05, 0) is 19.3 Å². The number of aliphatic hydroxyl groups excluding tert-OH is 3. The van der Waals surface area contributed by atoms with Crippen molar-refractivity contribution < 1.29 is 102 Å². The van der Waals surface area contributed by atoms with E-state index in [0.29, 0.717) is 25.0 Å². The zero-order valence-electron chi connectivity index (χ0n) is 34.4. The molecule has 358 valence electrons. The molecule has 6 N–H and O–H groups in total. The van der Waals surface area contributed by atoms with Crippen molar-refractivity contribution in [3.8, 4) is 0 Å². The van der Waals surface area contributed by atoms with Crippen LogP contribution in [0.3, 0.4) is 0 Å². The first-order valence-corrected chi connectivity index (χ1v) is 20.4. The molecule has 24 nitrogen and oxygen atoms in total. The van der Waals surface area contributed by atoms with Gasteiger partial charge in [-0.15, -0.1) is 18.3 Å². The topological polar surface area (TPSA) is 318 Å². The van der Waals surface area contributed by atoms with Crippen LogP contribution in [0.1, 0.15) is 37.8 Å². The number of nitrogens with zero attached hydrogens (tertiary/aromatic N) is 5. The summed E-state index contributed by atoms with van der Waals surface area (Å²) in [7, 11) is 0. The number of alkyl halides is 2. The molecule has 0 aliphatic carbocycles. The van der Waals surface area contributed by atoms with E-state index in [1.165, 1.54) is 26.6 Å². The molecule has 0 spiro atoms. The van der Waals surface area contributed by atoms with Gasteiger partial charge in [0, 0.05) is 19.5 Å². The lowest BCUT2D eigenvalue weighted by molar-refractivity contribution is -0.498. The Hall–Kier alpha value is -4.45. The van der Waals surface area contributed by atoms with Gasteiger partial charge in [-0.1, -0.05) is 22.4 Å². The SMILES string of the molecule is C=C[C@@H]1O[C@H](C=C)[C@@H]2C(=O)N(CCCCCN(Cc3cn(CCOCCO[C@@H]4OC(C(=O)O)[C@@H](O[C@H]5OC(COOO)[C@@H](O)[C@H](O)C5F)[C@H](O)C4F)nn3)C(=O)CCC(=O)O)C(=O)[C@@H]21. The number of fused-ring (bicyclic) bond motifs is 1. The van der Waals surface area contributed by atoms with Gasteiger partial charge in [0.1, 0.15) is 42.8 Å². The zero-order chi connectivity index (χ0) is 46.7. The maximum Gasteiger partial charge on any atom is 0.335 e. The molecule has 1 aromatic rings. The summed E-state index contributed by atoms with van der Waals surface area (Å²) in [5.74, 6) is -5.27. The van der Waals surface area contributed by atoms with Crippen molar-refractivity contribution in [2.45, 2.75) is 119 Å². The number of imide groups is 1. The van der Waals surface area contributed by atoms with Crippen LogP contribution < -0.4 is 0 Å². The number of rotatable bonds is 26. The number of unbranched alkanes of at least 4 members (excludes halogenated alkanes) is 2. The fourth-order valence-corrected chi connectivity index (χ4v) is 7.75. The highest BCUT2D eigenvalue weighted by Crippen LogP contribution is 2.41. The summed E-state index contributed by atoms with van der Waals surface area (Å²) in [6.45, 7) is 6.75. The van der Waals surface area contributed by atoms with Crippen molar-refractivity contribution in [1.82, 2.24) is 24.8 Å². The molecule has 5 rings (SSSR count). The molecule has 4 fully saturated rings. The van der Waals surface area contributed by atoms with Gasteiger partial charge >= 0.3 is 11.9 Å². The van der Waals surface area contributed by atoms with Gasteiger partial charge in [0.15, 0.2) is 31.0 Å². The van der Waals surface area contributed by atoms with Crippen LogP contribution in [-0.2, 0) is 75.4 Å². The quantitative estimate of drug-likeness (QED) is 0.0203. The Morgan fingerprint density at radius 3 is 2.19 bits per heavy atom. The van der Waals surface area contributed by atoms with Gasteiger partial charge in [-0.25, -0.2) is 28.4 Å². The lowest BCUT2D eigenvalue weighted by Gasteiger charge is -2.44. The number of aliphatic carboxylic acids is 2. The number of aromatic nitrogens is 3. The van der Waals surface area contributed by atoms with Gasteiger partial charge in [-0.3, -0.25) is 24.1 Å². The first kappa shape index (κ1) is 50.5. The number of hydrogen-bond acceptors (Lipinski definition) is 19. The molecule has 0 bridgehead atoms. The molecule has 4 saturated heterocycles. The average Bonchev–Trinajstić information content (AvgIpc) is 3.96. The van der Waals surface area contributed by atoms with E-state index in [0.717, 1.165) is 0 Å². The van der Waals surface area contributed by atoms with Crippen molar-refractivity contribution >= 4 is 29.7 Å². The fourth-order valence-electron chi connectivity index (χ4n) is 7.75. The Labute approximate surface area is 363 Å². The summed E-state index contributed by atoms with van der Waals surface area (Å²) < 4.78 is 63.5. The number of halogens is 2. The monoisotopic (exact) mass is 921 g/mol. The molecule has 26 heteroatoms. The number of ether oxygens (including phenoxy) is 6. The summed E-state index contributed by atoms with van der Waals surface area (Å²) in [5, 5.41) is 69.4. The number of carbonyl (C=O) groups excluding carboxylic acids is 3. The van der Waals surface area contributed by atoms with Gasteiger partial charge in [0.25, 0.3) is 0 Å². The van der Waals surface area contributed by atoms with Crippen LogP contribution >= 0.6 is 0 Å². The Bertz CT molecular complexity index is 1750. The summed E-state index contributed by atoms with van der Waals surface area (Å²) >= 11 is 0. The predicted molar refractivity (Wildman–Crippen MR) is 203 cm³/mol. The van der Waals surface area contributed by atoms with Gasteiger partial charge < -0.3 is 58.9 Å². The van der Waals surface area contributed by atoms with Crippen LogP contribution in [-0.4, -0.2) is 199 Å². The second-order valence-corrected chi connectivity index (χ2v) is 15.3. The number of hydrogen-bond donors (Lipinski definition) is 6. The first-order chi connectivity index (χ1) is 30.6. The maximum atomic E-state index is 15.2. The third-order valence-electron chi connectivity index (χ3n) is 11.1. The number of carboxylic acids is 2. The zero-order valence-corrected chi connectivity index (χ0v) is 34.4. The largest absolute Gasteiger partial charge is 0.481 e. The lowest BCUT2D eigenvalue weighted by Crippen LogP contribution is -2.64. The fraction of sp³-hybridized carbons (Fsp3) is 0.711. The third-order valence-corrected chi connectivity index (χ3v) is 11.1. The van der Waals surface area contributed by atoms with E-state index in [1.807, 2.05) is 0 Å². The number of aliphatic hydroxyl groups is 3. The van der Waals surface area contributed by atoms with Crippen molar-refractivity contribution in [2.75, 3.05) is 39.5 Å². The lowest BCUT2D eigenvalue weighted by atomic mass is 9.89. The van der Waals surface area contributed by atoms with Crippen molar-refractivity contribution in [3.63, 3.8) is 0 Å². The molecule has 4 aliphatic rings. The van der Waals surface area contributed by atoms with Crippen molar-refractivity contribution in [2.24, 2.45) is 11.8 Å². The molecule has 14 atom stereocenters. The van der Waals surface area contributed by atoms with E-state index in [-0.39, 0.29) is 70.7 Å². The second kappa shape index (κ2) is 23.7. The maximum absolute atomic E-state index is 15.2. The molecule has 3 amide bonds. The molecule has 0 radical (unpaired) electrons. The Morgan fingerprint density at radius 2 is 1.55 bits per heavy atom. The molecule has 4 aliphatic heterocycles. The molecule has 5 heterocycles. The van der Waals surface area contributed by atoms with Crippen molar-refractivity contribution in [1.29, 1.82) is 0 Å². The highest BCUT2D eigenvalue weighted by molar-refractivity contribution is 6.06. The van der Waals surface area contributed by atoms with E-state index in [9.17, 15) is 48.8 Å². The Balaban J connectivity index is 1.04. The van der Waals surface area contributed by atoms with Gasteiger partial charge in [0.2, 0.25) is 17.7 Å². The van der Waals surface area contributed by atoms with Crippen LogP contribution in [0.15, 0.2) is 31.5 Å². The van der Waals surface area contributed by atoms with E-state index >= 15 is 4.39 Å². The molecule has 1 aromatic heterocycles. The molecule has 64 heavy (non-hydrogen) atoms. The first-order valence-electron chi connectivity index (χ1n) is 20.4. The van der Waals surface area contributed by atoms with Gasteiger partial charge in [-0.2, -0.15) is 0 Å². The van der Waals surface area contributed by atoms with Crippen LogP contribution in [0.4, 0.5) is 8.78 Å². The van der Waals surface area contributed by atoms with E-state index in [2.05, 4.69) is 33.4 Å². The van der Waals surface area contributed by atoms with Gasteiger partial charge in [0.05, 0.1) is 69.6 Å². The smallest absolute Gasteiger partial charge is 0.335 e. The minimum Gasteiger partial charge on any atom is -0.481 e. The van der Waals surface area contributed by atoms with Crippen LogP contribution in [0.25, 0.3) is 0 Å². The molecular formula is C38H53F2N5O19. The third kappa shape index (κ3) is 12.3. The predicted octanol–water partition coefficient (Wildman–Crippen LogP) is -1.48. The highest BCUT2D eigenvalue weighted by atomic mass is 19.1. The van der Waals surface area contributed by atoms with E-state index < -0.39 is 110 Å². The number of carboxylic acid groups (broad SMARTS) is 2. The number of amides is 3. The van der Waals surface area contributed by atoms with Crippen LogP contribution in [0.2, 0.25) is 0 Å².